The van der Waals surface area contributed by atoms with Gasteiger partial charge in [0.05, 0.1) is 11.3 Å². The molecular weight excluding hydrogens is 307 g/mol. The van der Waals surface area contributed by atoms with Crippen molar-refractivity contribution >= 4 is 15.9 Å². The molecule has 0 saturated heterocycles. The molecule has 0 amide bonds. The molecule has 0 unspecified atom stereocenters. The lowest BCUT2D eigenvalue weighted by atomic mass is 10.0. The van der Waals surface area contributed by atoms with Gasteiger partial charge in [-0.3, -0.25) is 4.98 Å². The highest BCUT2D eigenvalue weighted by Crippen LogP contribution is 2.37. The Morgan fingerprint density at radius 2 is 1.78 bits per heavy atom. The van der Waals surface area contributed by atoms with Crippen molar-refractivity contribution in [3.05, 3.63) is 53.9 Å². The summed E-state index contributed by atoms with van der Waals surface area (Å²) in [7, 11) is 0. The van der Waals surface area contributed by atoms with Gasteiger partial charge in [-0.25, -0.2) is 0 Å². The number of pyridine rings is 1. The van der Waals surface area contributed by atoms with E-state index in [0.717, 1.165) is 6.07 Å². The van der Waals surface area contributed by atoms with Gasteiger partial charge in [-0.15, -0.1) is 0 Å². The summed E-state index contributed by atoms with van der Waals surface area (Å²) >= 11 is 3.11. The van der Waals surface area contributed by atoms with Crippen molar-refractivity contribution < 1.29 is 13.2 Å². The van der Waals surface area contributed by atoms with Crippen LogP contribution in [0.4, 0.5) is 13.2 Å². The number of alkyl halides is 4. The van der Waals surface area contributed by atoms with Crippen molar-refractivity contribution in [3.8, 4) is 11.1 Å². The number of benzene rings is 1. The number of nitrogens with zero attached hydrogens (tertiary/aromatic N) is 1. The quantitative estimate of drug-likeness (QED) is 0.734. The summed E-state index contributed by atoms with van der Waals surface area (Å²) in [5.74, 6) is 0. The lowest BCUT2D eigenvalue weighted by molar-refractivity contribution is -0.137. The topological polar surface area (TPSA) is 12.9 Å². The molecule has 0 atom stereocenters. The summed E-state index contributed by atoms with van der Waals surface area (Å²) in [5, 5.41) is 0.297. The van der Waals surface area contributed by atoms with Crippen molar-refractivity contribution in [1.29, 1.82) is 0 Å². The molecule has 0 radical (unpaired) electrons. The second-order valence-electron chi connectivity index (χ2n) is 3.72. The van der Waals surface area contributed by atoms with Crippen molar-refractivity contribution in [1.82, 2.24) is 4.98 Å². The monoisotopic (exact) mass is 315 g/mol. The molecule has 2 rings (SSSR count). The lowest BCUT2D eigenvalue weighted by Crippen LogP contribution is -2.08. The van der Waals surface area contributed by atoms with Crippen LogP contribution in [0, 0.1) is 0 Å². The number of hydrogen-bond acceptors (Lipinski definition) is 1. The van der Waals surface area contributed by atoms with Gasteiger partial charge in [-0.2, -0.15) is 13.2 Å². The third-order valence-corrected chi connectivity index (χ3v) is 3.06. The molecule has 1 heterocycles. The van der Waals surface area contributed by atoms with Gasteiger partial charge < -0.3 is 0 Å². The standard InChI is InChI=1S/C13H9BrF3N/c14-7-10-6-12(13(15,16)17)11(8-18-10)9-4-2-1-3-5-9/h1-6,8H,7H2. The molecule has 2 aromatic rings. The molecule has 0 fully saturated rings. The van der Waals surface area contributed by atoms with Gasteiger partial charge in [0.15, 0.2) is 0 Å². The Balaban J connectivity index is 2.61. The van der Waals surface area contributed by atoms with Crippen LogP contribution >= 0.6 is 15.9 Å². The van der Waals surface area contributed by atoms with Gasteiger partial charge >= 0.3 is 6.18 Å². The van der Waals surface area contributed by atoms with Crippen LogP contribution in [0.5, 0.6) is 0 Å². The van der Waals surface area contributed by atoms with E-state index >= 15 is 0 Å². The van der Waals surface area contributed by atoms with Crippen LogP contribution in [-0.4, -0.2) is 4.98 Å². The number of hydrogen-bond donors (Lipinski definition) is 0. The molecule has 0 bridgehead atoms. The molecule has 1 nitrogen and oxygen atoms in total. The Morgan fingerprint density at radius 1 is 1.11 bits per heavy atom. The summed E-state index contributed by atoms with van der Waals surface area (Å²) in [5.41, 5.74) is 0.325. The lowest BCUT2D eigenvalue weighted by Gasteiger charge is -2.13. The molecule has 1 aromatic carbocycles. The average Bonchev–Trinajstić information content (AvgIpc) is 2.38. The van der Waals surface area contributed by atoms with E-state index in [1.54, 1.807) is 30.3 Å². The largest absolute Gasteiger partial charge is 0.417 e. The van der Waals surface area contributed by atoms with E-state index in [2.05, 4.69) is 20.9 Å². The second-order valence-corrected chi connectivity index (χ2v) is 4.28. The molecule has 0 N–H and O–H groups in total. The summed E-state index contributed by atoms with van der Waals surface area (Å²) < 4.78 is 39.0. The molecule has 1 aromatic heterocycles. The Morgan fingerprint density at radius 3 is 2.33 bits per heavy atom. The Kier molecular flexibility index (Phi) is 3.71. The maximum absolute atomic E-state index is 13.0. The average molecular weight is 316 g/mol. The molecule has 18 heavy (non-hydrogen) atoms. The first-order valence-corrected chi connectivity index (χ1v) is 6.32. The number of halogens is 4. The van der Waals surface area contributed by atoms with Crippen LogP contribution in [0.3, 0.4) is 0 Å². The normalized spacial score (nSPS) is 11.6. The minimum atomic E-state index is -4.38. The first-order chi connectivity index (χ1) is 8.52. The molecule has 0 saturated carbocycles. The van der Waals surface area contributed by atoms with E-state index in [-0.39, 0.29) is 5.56 Å². The minimum absolute atomic E-state index is 0.104. The zero-order chi connectivity index (χ0) is 13.2. The van der Waals surface area contributed by atoms with Crippen LogP contribution in [0.25, 0.3) is 11.1 Å². The van der Waals surface area contributed by atoms with E-state index in [0.29, 0.717) is 16.6 Å². The number of rotatable bonds is 2. The van der Waals surface area contributed by atoms with Crippen LogP contribution < -0.4 is 0 Å². The third-order valence-electron chi connectivity index (χ3n) is 2.49. The predicted octanol–water partition coefficient (Wildman–Crippen LogP) is 4.66. The molecule has 0 spiro atoms. The van der Waals surface area contributed by atoms with Crippen LogP contribution in [-0.2, 0) is 11.5 Å². The van der Waals surface area contributed by atoms with Crippen LogP contribution in [0.15, 0.2) is 42.6 Å². The zero-order valence-electron chi connectivity index (χ0n) is 9.21. The van der Waals surface area contributed by atoms with Gasteiger partial charge in [0.2, 0.25) is 0 Å². The Hall–Kier alpha value is -1.36. The molecule has 94 valence electrons. The van der Waals surface area contributed by atoms with Gasteiger partial charge in [0.25, 0.3) is 0 Å². The van der Waals surface area contributed by atoms with Crippen LogP contribution in [0.1, 0.15) is 11.3 Å². The summed E-state index contributed by atoms with van der Waals surface area (Å²) in [4.78, 5) is 4.00. The fraction of sp³-hybridized carbons (Fsp3) is 0.154. The van der Waals surface area contributed by atoms with Gasteiger partial charge in [-0.05, 0) is 11.6 Å². The first-order valence-electron chi connectivity index (χ1n) is 5.20. The summed E-state index contributed by atoms with van der Waals surface area (Å²) in [6.45, 7) is 0. The van der Waals surface area contributed by atoms with Gasteiger partial charge in [-0.1, -0.05) is 46.3 Å². The van der Waals surface area contributed by atoms with Crippen molar-refractivity contribution in [2.24, 2.45) is 0 Å². The number of aromatic nitrogens is 1. The summed E-state index contributed by atoms with van der Waals surface area (Å²) in [6.07, 6.45) is -3.11. The third kappa shape index (κ3) is 2.72. The molecular formula is C13H9BrF3N. The minimum Gasteiger partial charge on any atom is -0.260 e. The maximum atomic E-state index is 13.0. The molecule has 0 aliphatic heterocycles. The molecule has 5 heteroatoms. The Bertz CT molecular complexity index is 538. The van der Waals surface area contributed by atoms with E-state index in [4.69, 9.17) is 0 Å². The molecule has 0 aliphatic rings. The van der Waals surface area contributed by atoms with Gasteiger partial charge in [0, 0.05) is 17.1 Å². The van der Waals surface area contributed by atoms with Gasteiger partial charge in [0.1, 0.15) is 0 Å². The first kappa shape index (κ1) is 13.1. The highest BCUT2D eigenvalue weighted by atomic mass is 79.9. The van der Waals surface area contributed by atoms with E-state index in [9.17, 15) is 13.2 Å². The fourth-order valence-corrected chi connectivity index (χ4v) is 1.96. The Labute approximate surface area is 111 Å². The fourth-order valence-electron chi connectivity index (χ4n) is 1.65. The van der Waals surface area contributed by atoms with Crippen LogP contribution in [0.2, 0.25) is 0 Å². The van der Waals surface area contributed by atoms with E-state index in [1.165, 1.54) is 6.20 Å². The van der Waals surface area contributed by atoms with Crippen molar-refractivity contribution in [2.45, 2.75) is 11.5 Å². The van der Waals surface area contributed by atoms with E-state index in [1.807, 2.05) is 0 Å². The SMILES string of the molecule is FC(F)(F)c1cc(CBr)ncc1-c1ccccc1. The van der Waals surface area contributed by atoms with Crippen molar-refractivity contribution in [3.63, 3.8) is 0 Å². The van der Waals surface area contributed by atoms with Crippen molar-refractivity contribution in [2.75, 3.05) is 0 Å². The zero-order valence-corrected chi connectivity index (χ0v) is 10.8. The summed E-state index contributed by atoms with van der Waals surface area (Å²) in [6, 6.07) is 9.52. The maximum Gasteiger partial charge on any atom is 0.417 e. The predicted molar refractivity (Wildman–Crippen MR) is 67.3 cm³/mol. The highest BCUT2D eigenvalue weighted by Gasteiger charge is 2.34. The van der Waals surface area contributed by atoms with E-state index < -0.39 is 11.7 Å². The second kappa shape index (κ2) is 5.10. The highest BCUT2D eigenvalue weighted by molar-refractivity contribution is 9.08. The molecule has 0 aliphatic carbocycles. The smallest absolute Gasteiger partial charge is 0.260 e.